The van der Waals surface area contributed by atoms with E-state index in [0.29, 0.717) is 0 Å². The highest BCUT2D eigenvalue weighted by atomic mass is 32.1. The maximum Gasteiger partial charge on any atom is 0.335 e. The summed E-state index contributed by atoms with van der Waals surface area (Å²) in [5, 5.41) is 17.8. The highest BCUT2D eigenvalue weighted by Gasteiger charge is 2.08. The zero-order valence-corrected chi connectivity index (χ0v) is 17.1. The molecule has 0 saturated heterocycles. The number of rotatable bonds is 8. The SMILES string of the molecule is CC(=O)N[C@H](C)CCc1ccc(-c2csc(Nc3ccc(C(=O)O)cc3)n2)cc1. The Kier molecular flexibility index (Phi) is 6.61. The summed E-state index contributed by atoms with van der Waals surface area (Å²) in [7, 11) is 0. The largest absolute Gasteiger partial charge is 0.478 e. The normalized spacial score (nSPS) is 11.7. The van der Waals surface area contributed by atoms with Crippen molar-refractivity contribution in [3.05, 3.63) is 65.0 Å². The number of benzene rings is 2. The van der Waals surface area contributed by atoms with Crippen LogP contribution in [0, 0.1) is 0 Å². The van der Waals surface area contributed by atoms with E-state index < -0.39 is 5.97 Å². The number of aromatic nitrogens is 1. The van der Waals surface area contributed by atoms with Crippen LogP contribution in [0.15, 0.2) is 53.9 Å². The minimum absolute atomic E-state index is 0.00128. The van der Waals surface area contributed by atoms with Crippen LogP contribution in [0.1, 0.15) is 36.2 Å². The number of aryl methyl sites for hydroxylation is 1. The number of carbonyl (C=O) groups is 2. The molecular formula is C22H23N3O3S. The Morgan fingerprint density at radius 1 is 1.10 bits per heavy atom. The molecule has 1 amide bonds. The van der Waals surface area contributed by atoms with Crippen molar-refractivity contribution in [3.63, 3.8) is 0 Å². The summed E-state index contributed by atoms with van der Waals surface area (Å²) in [6.07, 6.45) is 1.79. The van der Waals surface area contributed by atoms with Crippen molar-refractivity contribution in [1.29, 1.82) is 0 Å². The molecule has 150 valence electrons. The molecule has 3 aromatic rings. The Morgan fingerprint density at radius 3 is 2.41 bits per heavy atom. The lowest BCUT2D eigenvalue weighted by Gasteiger charge is -2.12. The molecule has 6 nitrogen and oxygen atoms in total. The van der Waals surface area contributed by atoms with Gasteiger partial charge < -0.3 is 15.7 Å². The lowest BCUT2D eigenvalue weighted by molar-refractivity contribution is -0.119. The molecular weight excluding hydrogens is 386 g/mol. The van der Waals surface area contributed by atoms with Gasteiger partial charge in [0.1, 0.15) is 0 Å². The smallest absolute Gasteiger partial charge is 0.335 e. The number of carboxylic acid groups (broad SMARTS) is 1. The first kappa shape index (κ1) is 20.5. The van der Waals surface area contributed by atoms with Gasteiger partial charge in [-0.1, -0.05) is 24.3 Å². The molecule has 1 atom stereocenters. The summed E-state index contributed by atoms with van der Waals surface area (Å²) in [5.41, 5.74) is 4.19. The molecule has 0 aliphatic carbocycles. The van der Waals surface area contributed by atoms with Crippen LogP contribution in [-0.4, -0.2) is 28.0 Å². The van der Waals surface area contributed by atoms with Crippen LogP contribution in [0.5, 0.6) is 0 Å². The number of nitrogens with zero attached hydrogens (tertiary/aromatic N) is 1. The molecule has 7 heteroatoms. The average molecular weight is 410 g/mol. The van der Waals surface area contributed by atoms with Crippen LogP contribution in [-0.2, 0) is 11.2 Å². The van der Waals surface area contributed by atoms with E-state index in [1.807, 2.05) is 12.3 Å². The molecule has 2 aromatic carbocycles. The summed E-state index contributed by atoms with van der Waals surface area (Å²) in [6, 6.07) is 15.0. The van der Waals surface area contributed by atoms with Crippen LogP contribution in [0.25, 0.3) is 11.3 Å². The summed E-state index contributed by atoms with van der Waals surface area (Å²) in [5.74, 6) is -0.945. The second kappa shape index (κ2) is 9.34. The zero-order chi connectivity index (χ0) is 20.8. The van der Waals surface area contributed by atoms with Crippen molar-refractivity contribution >= 4 is 34.0 Å². The van der Waals surface area contributed by atoms with E-state index in [1.165, 1.54) is 23.8 Å². The van der Waals surface area contributed by atoms with Crippen molar-refractivity contribution in [2.24, 2.45) is 0 Å². The van der Waals surface area contributed by atoms with E-state index in [4.69, 9.17) is 5.11 Å². The van der Waals surface area contributed by atoms with E-state index in [-0.39, 0.29) is 17.5 Å². The Labute approximate surface area is 173 Å². The van der Waals surface area contributed by atoms with Gasteiger partial charge in [-0.25, -0.2) is 9.78 Å². The summed E-state index contributed by atoms with van der Waals surface area (Å²) >= 11 is 1.50. The van der Waals surface area contributed by atoms with E-state index in [1.54, 1.807) is 24.3 Å². The highest BCUT2D eigenvalue weighted by Crippen LogP contribution is 2.27. The van der Waals surface area contributed by atoms with Gasteiger partial charge in [0.2, 0.25) is 5.91 Å². The molecule has 0 bridgehead atoms. The second-order valence-corrected chi connectivity index (χ2v) is 7.74. The summed E-state index contributed by atoms with van der Waals surface area (Å²) in [4.78, 5) is 26.6. The standard InChI is InChI=1S/C22H23N3O3S/c1-14(23-15(2)26)3-4-16-5-7-17(8-6-16)20-13-29-22(25-20)24-19-11-9-18(10-12-19)21(27)28/h5-14H,3-4H2,1-2H3,(H,23,26)(H,24,25)(H,27,28)/t14-/m1/s1. The van der Waals surface area contributed by atoms with Crippen molar-refractivity contribution in [2.75, 3.05) is 5.32 Å². The number of carbonyl (C=O) groups excluding carboxylic acids is 1. The predicted molar refractivity (Wildman–Crippen MR) is 116 cm³/mol. The van der Waals surface area contributed by atoms with Crippen LogP contribution in [0.2, 0.25) is 0 Å². The quantitative estimate of drug-likeness (QED) is 0.501. The van der Waals surface area contributed by atoms with Gasteiger partial charge in [0.25, 0.3) is 0 Å². The fourth-order valence-corrected chi connectivity index (χ4v) is 3.67. The lowest BCUT2D eigenvalue weighted by Crippen LogP contribution is -2.30. The predicted octanol–water partition coefficient (Wildman–Crippen LogP) is 4.71. The Balaban J connectivity index is 1.59. The monoisotopic (exact) mass is 409 g/mol. The number of aromatic carboxylic acids is 1. The molecule has 0 unspecified atom stereocenters. The van der Waals surface area contributed by atoms with Gasteiger partial charge >= 0.3 is 5.97 Å². The van der Waals surface area contributed by atoms with Crippen molar-refractivity contribution in [1.82, 2.24) is 10.3 Å². The molecule has 0 aliphatic rings. The van der Waals surface area contributed by atoms with Crippen LogP contribution in [0.3, 0.4) is 0 Å². The summed E-state index contributed by atoms with van der Waals surface area (Å²) in [6.45, 7) is 3.54. The molecule has 1 heterocycles. The molecule has 0 saturated carbocycles. The average Bonchev–Trinajstić information content (AvgIpc) is 3.15. The first-order valence-electron chi connectivity index (χ1n) is 9.33. The van der Waals surface area contributed by atoms with Gasteiger partial charge in [-0.3, -0.25) is 4.79 Å². The fraction of sp³-hybridized carbons (Fsp3) is 0.227. The first-order valence-corrected chi connectivity index (χ1v) is 10.2. The second-order valence-electron chi connectivity index (χ2n) is 6.88. The van der Waals surface area contributed by atoms with E-state index >= 15 is 0 Å². The fourth-order valence-electron chi connectivity index (χ4n) is 2.93. The maximum absolute atomic E-state index is 11.1. The number of hydrogen-bond donors (Lipinski definition) is 3. The minimum atomic E-state index is -0.943. The molecule has 0 fully saturated rings. The Morgan fingerprint density at radius 2 is 1.79 bits per heavy atom. The van der Waals surface area contributed by atoms with Crippen LogP contribution >= 0.6 is 11.3 Å². The number of carboxylic acids is 1. The minimum Gasteiger partial charge on any atom is -0.478 e. The topological polar surface area (TPSA) is 91.3 Å². The first-order chi connectivity index (χ1) is 13.9. The number of thiazole rings is 1. The van der Waals surface area contributed by atoms with Gasteiger partial charge in [0.15, 0.2) is 5.13 Å². The summed E-state index contributed by atoms with van der Waals surface area (Å²) < 4.78 is 0. The van der Waals surface area contributed by atoms with Gasteiger partial charge in [0, 0.05) is 29.6 Å². The molecule has 0 aliphatic heterocycles. The molecule has 1 aromatic heterocycles. The molecule has 0 spiro atoms. The van der Waals surface area contributed by atoms with Gasteiger partial charge in [0.05, 0.1) is 11.3 Å². The molecule has 3 N–H and O–H groups in total. The molecule has 29 heavy (non-hydrogen) atoms. The zero-order valence-electron chi connectivity index (χ0n) is 16.3. The lowest BCUT2D eigenvalue weighted by atomic mass is 10.0. The van der Waals surface area contributed by atoms with Gasteiger partial charge in [-0.05, 0) is 49.6 Å². The van der Waals surface area contributed by atoms with Crippen molar-refractivity contribution in [3.8, 4) is 11.3 Å². The molecule has 3 rings (SSSR count). The van der Waals surface area contributed by atoms with Gasteiger partial charge in [-0.15, -0.1) is 11.3 Å². The third-order valence-electron chi connectivity index (χ3n) is 4.45. The van der Waals surface area contributed by atoms with Crippen LogP contribution in [0.4, 0.5) is 10.8 Å². The Bertz CT molecular complexity index is 981. The third kappa shape index (κ3) is 5.89. The van der Waals surface area contributed by atoms with E-state index in [0.717, 1.165) is 34.9 Å². The van der Waals surface area contributed by atoms with Crippen molar-refractivity contribution in [2.45, 2.75) is 32.7 Å². The maximum atomic E-state index is 11.1. The van der Waals surface area contributed by atoms with Crippen LogP contribution < -0.4 is 10.6 Å². The Hall–Kier alpha value is -3.19. The molecule has 0 radical (unpaired) electrons. The van der Waals surface area contributed by atoms with Crippen molar-refractivity contribution < 1.29 is 14.7 Å². The highest BCUT2D eigenvalue weighted by molar-refractivity contribution is 7.14. The number of amides is 1. The third-order valence-corrected chi connectivity index (χ3v) is 5.21. The number of nitrogens with one attached hydrogen (secondary N) is 2. The number of anilines is 2. The van der Waals surface area contributed by atoms with Gasteiger partial charge in [-0.2, -0.15) is 0 Å². The van der Waals surface area contributed by atoms with E-state index in [2.05, 4.69) is 39.9 Å². The number of hydrogen-bond acceptors (Lipinski definition) is 5. The van der Waals surface area contributed by atoms with E-state index in [9.17, 15) is 9.59 Å².